The van der Waals surface area contributed by atoms with Crippen LogP contribution in [-0.4, -0.2) is 40.7 Å². The monoisotopic (exact) mass is 396 g/mol. The molecule has 28 heavy (non-hydrogen) atoms. The Morgan fingerprint density at radius 2 is 1.64 bits per heavy atom. The molecule has 6 heteroatoms. The van der Waals surface area contributed by atoms with Crippen LogP contribution in [0.25, 0.3) is 0 Å². The lowest BCUT2D eigenvalue weighted by Gasteiger charge is -2.13. The van der Waals surface area contributed by atoms with Gasteiger partial charge in [-0.05, 0) is 42.2 Å². The van der Waals surface area contributed by atoms with Crippen molar-refractivity contribution in [2.75, 3.05) is 23.4 Å². The molecule has 2 aromatic carbocycles. The maximum absolute atomic E-state index is 12.3. The minimum Gasteiger partial charge on any atom is -0.325 e. The minimum absolute atomic E-state index is 0.0938. The summed E-state index contributed by atoms with van der Waals surface area (Å²) in [6.07, 6.45) is 1.08. The Hall–Kier alpha value is -2.60. The van der Waals surface area contributed by atoms with Crippen molar-refractivity contribution in [1.29, 1.82) is 0 Å². The molecule has 146 valence electrons. The van der Waals surface area contributed by atoms with Gasteiger partial charge < -0.3 is 5.32 Å². The van der Waals surface area contributed by atoms with Crippen molar-refractivity contribution in [2.24, 2.45) is 0 Å². The second kappa shape index (κ2) is 9.06. The zero-order valence-electron chi connectivity index (χ0n) is 16.1. The first-order chi connectivity index (χ1) is 13.5. The smallest absolute Gasteiger partial charge is 0.261 e. The van der Waals surface area contributed by atoms with Crippen LogP contribution < -0.4 is 5.32 Å². The van der Waals surface area contributed by atoms with Gasteiger partial charge >= 0.3 is 0 Å². The Morgan fingerprint density at radius 1 is 1.04 bits per heavy atom. The summed E-state index contributed by atoms with van der Waals surface area (Å²) in [6.45, 7) is 4.63. The molecule has 1 aliphatic heterocycles. The van der Waals surface area contributed by atoms with Crippen molar-refractivity contribution >= 4 is 35.2 Å². The largest absolute Gasteiger partial charge is 0.325 e. The van der Waals surface area contributed by atoms with Crippen molar-refractivity contribution in [1.82, 2.24) is 4.90 Å². The Labute approximate surface area is 169 Å². The number of rotatable bonds is 8. The molecule has 1 aliphatic rings. The normalized spacial score (nSPS) is 14.1. The maximum atomic E-state index is 12.3. The highest BCUT2D eigenvalue weighted by atomic mass is 32.2. The summed E-state index contributed by atoms with van der Waals surface area (Å²) >= 11 is 1.40. The highest BCUT2D eigenvalue weighted by molar-refractivity contribution is 7.99. The average molecular weight is 397 g/mol. The predicted molar refractivity (Wildman–Crippen MR) is 113 cm³/mol. The molecule has 0 aromatic heterocycles. The molecular formula is C22H24N2O3S. The van der Waals surface area contributed by atoms with Crippen molar-refractivity contribution in [3.05, 3.63) is 65.2 Å². The van der Waals surface area contributed by atoms with Crippen LogP contribution in [0.5, 0.6) is 0 Å². The van der Waals surface area contributed by atoms with Crippen LogP contribution in [-0.2, 0) is 4.79 Å². The summed E-state index contributed by atoms with van der Waals surface area (Å²) in [5.41, 5.74) is 2.95. The number of carbonyl (C=O) groups excluding carboxylic acids is 3. The highest BCUT2D eigenvalue weighted by Gasteiger charge is 2.34. The summed E-state index contributed by atoms with van der Waals surface area (Å²) < 4.78 is 0. The van der Waals surface area contributed by atoms with Crippen LogP contribution >= 0.6 is 11.8 Å². The lowest BCUT2D eigenvalue weighted by Crippen LogP contribution is -2.32. The summed E-state index contributed by atoms with van der Waals surface area (Å²) in [4.78, 5) is 37.9. The van der Waals surface area contributed by atoms with E-state index in [2.05, 4.69) is 19.2 Å². The number of carbonyl (C=O) groups is 3. The van der Waals surface area contributed by atoms with Gasteiger partial charge in [0.05, 0.1) is 16.9 Å². The van der Waals surface area contributed by atoms with Gasteiger partial charge in [-0.3, -0.25) is 19.3 Å². The van der Waals surface area contributed by atoms with E-state index in [1.807, 2.05) is 24.3 Å². The quantitative estimate of drug-likeness (QED) is 0.537. The van der Waals surface area contributed by atoms with E-state index in [9.17, 15) is 14.4 Å². The number of anilines is 1. The van der Waals surface area contributed by atoms with Crippen molar-refractivity contribution in [3.63, 3.8) is 0 Å². The number of imide groups is 1. The molecule has 0 saturated carbocycles. The Bertz CT molecular complexity index is 845. The molecular weight excluding hydrogens is 372 g/mol. The van der Waals surface area contributed by atoms with Gasteiger partial charge in [0.1, 0.15) is 0 Å². The van der Waals surface area contributed by atoms with Gasteiger partial charge in [0.2, 0.25) is 5.91 Å². The standard InChI is InChI=1S/C22H24N2O3S/c1-3-15(2)16-8-10-17(11-9-16)23-20(25)14-28-13-12-24-21(26)18-6-4-5-7-19(18)22(24)27/h4-11,15H,3,12-14H2,1-2H3,(H,23,25)/t15-/m1/s1. The van der Waals surface area contributed by atoms with Gasteiger partial charge in [0.15, 0.2) is 0 Å². The number of fused-ring (bicyclic) bond motifs is 1. The molecule has 1 N–H and O–H groups in total. The van der Waals surface area contributed by atoms with Crippen LogP contribution in [0.1, 0.15) is 52.5 Å². The van der Waals surface area contributed by atoms with Crippen LogP contribution in [0, 0.1) is 0 Å². The molecule has 0 spiro atoms. The van der Waals surface area contributed by atoms with Gasteiger partial charge in [0, 0.05) is 18.0 Å². The van der Waals surface area contributed by atoms with E-state index in [4.69, 9.17) is 0 Å². The maximum Gasteiger partial charge on any atom is 0.261 e. The molecule has 1 atom stereocenters. The van der Waals surface area contributed by atoms with E-state index in [-0.39, 0.29) is 23.5 Å². The van der Waals surface area contributed by atoms with Crippen LogP contribution in [0.3, 0.4) is 0 Å². The lowest BCUT2D eigenvalue weighted by atomic mass is 9.99. The number of thioether (sulfide) groups is 1. The van der Waals surface area contributed by atoms with Crippen LogP contribution in [0.4, 0.5) is 5.69 Å². The van der Waals surface area contributed by atoms with Crippen molar-refractivity contribution in [2.45, 2.75) is 26.2 Å². The lowest BCUT2D eigenvalue weighted by molar-refractivity contribution is -0.113. The summed E-state index contributed by atoms with van der Waals surface area (Å²) in [7, 11) is 0. The third-order valence-electron chi connectivity index (χ3n) is 4.95. The van der Waals surface area contributed by atoms with Crippen LogP contribution in [0.2, 0.25) is 0 Å². The van der Waals surface area contributed by atoms with Gasteiger partial charge in [-0.1, -0.05) is 38.1 Å². The third kappa shape index (κ3) is 4.44. The molecule has 0 fully saturated rings. The van der Waals surface area contributed by atoms with Gasteiger partial charge in [-0.25, -0.2) is 0 Å². The van der Waals surface area contributed by atoms with Crippen molar-refractivity contribution in [3.8, 4) is 0 Å². The van der Waals surface area contributed by atoms with E-state index in [1.165, 1.54) is 22.2 Å². The first-order valence-corrected chi connectivity index (χ1v) is 10.6. The summed E-state index contributed by atoms with van der Waals surface area (Å²) in [6, 6.07) is 14.8. The molecule has 0 radical (unpaired) electrons. The average Bonchev–Trinajstić information content (AvgIpc) is 2.96. The van der Waals surface area contributed by atoms with E-state index in [0.717, 1.165) is 12.1 Å². The van der Waals surface area contributed by atoms with E-state index in [0.29, 0.717) is 29.3 Å². The fraction of sp³-hybridized carbons (Fsp3) is 0.318. The molecule has 3 amide bonds. The minimum atomic E-state index is -0.257. The third-order valence-corrected chi connectivity index (χ3v) is 5.88. The zero-order chi connectivity index (χ0) is 20.1. The number of amides is 3. The predicted octanol–water partition coefficient (Wildman–Crippen LogP) is 4.17. The number of nitrogens with one attached hydrogen (secondary N) is 1. The molecule has 0 unspecified atom stereocenters. The van der Waals surface area contributed by atoms with Gasteiger partial charge in [-0.2, -0.15) is 11.8 Å². The molecule has 0 aliphatic carbocycles. The molecule has 0 bridgehead atoms. The van der Waals surface area contributed by atoms with E-state index >= 15 is 0 Å². The van der Waals surface area contributed by atoms with Gasteiger partial charge in [-0.15, -0.1) is 0 Å². The van der Waals surface area contributed by atoms with Crippen LogP contribution in [0.15, 0.2) is 48.5 Å². The Kier molecular flexibility index (Phi) is 6.52. The molecule has 3 rings (SSSR count). The van der Waals surface area contributed by atoms with Gasteiger partial charge in [0.25, 0.3) is 11.8 Å². The second-order valence-electron chi connectivity index (χ2n) is 6.84. The fourth-order valence-corrected chi connectivity index (χ4v) is 3.80. The first kappa shape index (κ1) is 20.1. The number of hydrogen-bond acceptors (Lipinski definition) is 4. The van der Waals surface area contributed by atoms with E-state index in [1.54, 1.807) is 24.3 Å². The zero-order valence-corrected chi connectivity index (χ0v) is 16.9. The Balaban J connectivity index is 1.43. The summed E-state index contributed by atoms with van der Waals surface area (Å²) in [5, 5.41) is 2.88. The first-order valence-electron chi connectivity index (χ1n) is 9.44. The number of nitrogens with zero attached hydrogens (tertiary/aromatic N) is 1. The number of hydrogen-bond donors (Lipinski definition) is 1. The topological polar surface area (TPSA) is 66.5 Å². The molecule has 2 aromatic rings. The van der Waals surface area contributed by atoms with E-state index < -0.39 is 0 Å². The summed E-state index contributed by atoms with van der Waals surface area (Å²) in [5.74, 6) is 0.687. The fourth-order valence-electron chi connectivity index (χ4n) is 3.09. The van der Waals surface area contributed by atoms with Crippen molar-refractivity contribution < 1.29 is 14.4 Å². The molecule has 0 saturated heterocycles. The second-order valence-corrected chi connectivity index (χ2v) is 7.94. The highest BCUT2D eigenvalue weighted by Crippen LogP contribution is 2.23. The molecule has 5 nitrogen and oxygen atoms in total. The molecule has 1 heterocycles. The Morgan fingerprint density at radius 3 is 2.21 bits per heavy atom. The number of benzene rings is 2. The SMILES string of the molecule is CC[C@@H](C)c1ccc(NC(=O)CSCCN2C(=O)c3ccccc3C2=O)cc1.